The van der Waals surface area contributed by atoms with Crippen LogP contribution in [0, 0.1) is 0 Å². The van der Waals surface area contributed by atoms with E-state index in [1.54, 1.807) is 14.0 Å². The van der Waals surface area contributed by atoms with E-state index in [2.05, 4.69) is 15.5 Å². The highest BCUT2D eigenvalue weighted by atomic mass is 16.5. The molecule has 0 aliphatic carbocycles. The number of carbonyl (C=O) groups excluding carboxylic acids is 2. The Labute approximate surface area is 183 Å². The van der Waals surface area contributed by atoms with Crippen LogP contribution in [0.4, 0.5) is 4.79 Å². The monoisotopic (exact) mass is 428 g/mol. The van der Waals surface area contributed by atoms with Gasteiger partial charge in [-0.2, -0.15) is 0 Å². The van der Waals surface area contributed by atoms with Gasteiger partial charge in [-0.25, -0.2) is 4.79 Å². The van der Waals surface area contributed by atoms with Gasteiger partial charge in [-0.3, -0.25) is 9.69 Å². The molecule has 1 N–H and O–H groups in total. The fourth-order valence-electron chi connectivity index (χ4n) is 3.85. The number of methoxy groups -OCH3 is 1. The second-order valence-corrected chi connectivity index (χ2v) is 7.74. The standard InChI is InChI=1S/C24H20N4O4/c1-24(18-10-8-17-13-19(31-2)11-9-16(17)12-18)22(29)28(23(30)25-24)14-20-26-27-21(32-20)15-6-4-3-5-7-15/h3-13H,14H2,1-2H3,(H,25,30). The van der Waals surface area contributed by atoms with E-state index in [0.717, 1.165) is 27.0 Å². The molecule has 1 fully saturated rings. The second-order valence-electron chi connectivity index (χ2n) is 7.74. The summed E-state index contributed by atoms with van der Waals surface area (Å²) in [6.45, 7) is 1.59. The average molecular weight is 428 g/mol. The SMILES string of the molecule is COc1ccc2cc(C3(C)NC(=O)N(Cc4nnc(-c5ccccc5)o4)C3=O)ccc2c1. The van der Waals surface area contributed by atoms with Crippen molar-refractivity contribution in [2.75, 3.05) is 7.11 Å². The van der Waals surface area contributed by atoms with Gasteiger partial charge in [-0.05, 0) is 53.6 Å². The normalized spacial score (nSPS) is 18.2. The molecule has 1 aliphatic rings. The van der Waals surface area contributed by atoms with Crippen LogP contribution in [-0.4, -0.2) is 34.1 Å². The number of aromatic nitrogens is 2. The summed E-state index contributed by atoms with van der Waals surface area (Å²) in [5, 5.41) is 12.8. The van der Waals surface area contributed by atoms with Gasteiger partial charge in [-0.1, -0.05) is 36.4 Å². The quantitative estimate of drug-likeness (QED) is 0.485. The van der Waals surface area contributed by atoms with Crippen molar-refractivity contribution in [3.63, 3.8) is 0 Å². The summed E-state index contributed by atoms with van der Waals surface area (Å²) in [4.78, 5) is 27.1. The Hall–Kier alpha value is -4.20. The molecule has 1 aliphatic heterocycles. The zero-order valence-electron chi connectivity index (χ0n) is 17.5. The van der Waals surface area contributed by atoms with Gasteiger partial charge in [0.2, 0.25) is 11.8 Å². The molecule has 1 unspecified atom stereocenters. The first-order valence-electron chi connectivity index (χ1n) is 10.1. The number of rotatable bonds is 5. The fourth-order valence-corrected chi connectivity index (χ4v) is 3.85. The van der Waals surface area contributed by atoms with Crippen molar-refractivity contribution in [2.45, 2.75) is 19.0 Å². The summed E-state index contributed by atoms with van der Waals surface area (Å²) in [7, 11) is 1.62. The van der Waals surface area contributed by atoms with Crippen molar-refractivity contribution in [1.82, 2.24) is 20.4 Å². The molecule has 1 saturated heterocycles. The van der Waals surface area contributed by atoms with Crippen molar-refractivity contribution in [3.05, 3.63) is 78.2 Å². The van der Waals surface area contributed by atoms with Crippen LogP contribution in [-0.2, 0) is 16.9 Å². The van der Waals surface area contributed by atoms with Gasteiger partial charge >= 0.3 is 6.03 Å². The van der Waals surface area contributed by atoms with E-state index < -0.39 is 11.6 Å². The molecule has 5 rings (SSSR count). The third kappa shape index (κ3) is 3.26. The molecule has 160 valence electrons. The number of benzene rings is 3. The van der Waals surface area contributed by atoms with Gasteiger partial charge in [0.1, 0.15) is 17.8 Å². The Balaban J connectivity index is 1.41. The number of amides is 3. The van der Waals surface area contributed by atoms with E-state index in [0.29, 0.717) is 11.5 Å². The molecule has 1 atom stereocenters. The van der Waals surface area contributed by atoms with Gasteiger partial charge in [0, 0.05) is 5.56 Å². The molecule has 32 heavy (non-hydrogen) atoms. The van der Waals surface area contributed by atoms with Crippen LogP contribution in [0.1, 0.15) is 18.4 Å². The minimum Gasteiger partial charge on any atom is -0.497 e. The summed E-state index contributed by atoms with van der Waals surface area (Å²) >= 11 is 0. The van der Waals surface area contributed by atoms with Crippen molar-refractivity contribution in [2.24, 2.45) is 0 Å². The Morgan fingerprint density at radius 2 is 1.75 bits per heavy atom. The molecule has 0 spiro atoms. The minimum absolute atomic E-state index is 0.106. The van der Waals surface area contributed by atoms with Crippen LogP contribution in [0.2, 0.25) is 0 Å². The number of nitrogens with one attached hydrogen (secondary N) is 1. The third-order valence-electron chi connectivity index (χ3n) is 5.68. The van der Waals surface area contributed by atoms with E-state index in [1.165, 1.54) is 0 Å². The van der Waals surface area contributed by atoms with E-state index in [4.69, 9.17) is 9.15 Å². The van der Waals surface area contributed by atoms with Crippen LogP contribution in [0.5, 0.6) is 5.75 Å². The van der Waals surface area contributed by atoms with Gasteiger partial charge in [0.15, 0.2) is 0 Å². The van der Waals surface area contributed by atoms with Crippen molar-refractivity contribution in [1.29, 1.82) is 0 Å². The van der Waals surface area contributed by atoms with Crippen molar-refractivity contribution < 1.29 is 18.7 Å². The zero-order chi connectivity index (χ0) is 22.3. The third-order valence-corrected chi connectivity index (χ3v) is 5.68. The highest BCUT2D eigenvalue weighted by Crippen LogP contribution is 2.32. The lowest BCUT2D eigenvalue weighted by Crippen LogP contribution is -2.40. The number of carbonyl (C=O) groups is 2. The molecule has 3 amide bonds. The number of fused-ring (bicyclic) bond motifs is 1. The van der Waals surface area contributed by atoms with Crippen LogP contribution in [0.15, 0.2) is 71.1 Å². The number of urea groups is 1. The predicted molar refractivity (Wildman–Crippen MR) is 117 cm³/mol. The molecule has 8 nitrogen and oxygen atoms in total. The van der Waals surface area contributed by atoms with E-state index >= 15 is 0 Å². The molecule has 3 aromatic carbocycles. The van der Waals surface area contributed by atoms with Crippen LogP contribution in [0.25, 0.3) is 22.2 Å². The summed E-state index contributed by atoms with van der Waals surface area (Å²) in [5.41, 5.74) is 0.251. The molecule has 0 saturated carbocycles. The highest BCUT2D eigenvalue weighted by molar-refractivity contribution is 6.07. The Morgan fingerprint density at radius 1 is 1.00 bits per heavy atom. The van der Waals surface area contributed by atoms with Gasteiger partial charge < -0.3 is 14.5 Å². The largest absolute Gasteiger partial charge is 0.497 e. The van der Waals surface area contributed by atoms with Crippen molar-refractivity contribution in [3.8, 4) is 17.2 Å². The average Bonchev–Trinajstić information content (AvgIpc) is 3.38. The predicted octanol–water partition coefficient (Wildman–Crippen LogP) is 3.87. The lowest BCUT2D eigenvalue weighted by molar-refractivity contribution is -0.131. The maximum atomic E-state index is 13.3. The lowest BCUT2D eigenvalue weighted by atomic mass is 9.90. The second kappa shape index (κ2) is 7.49. The smallest absolute Gasteiger partial charge is 0.325 e. The summed E-state index contributed by atoms with van der Waals surface area (Å²) in [6.07, 6.45) is 0. The summed E-state index contributed by atoms with van der Waals surface area (Å²) in [6, 6.07) is 20.1. The molecule has 8 heteroatoms. The molecular weight excluding hydrogens is 408 g/mol. The molecule has 2 heterocycles. The maximum absolute atomic E-state index is 13.3. The topological polar surface area (TPSA) is 97.6 Å². The van der Waals surface area contributed by atoms with E-state index in [-0.39, 0.29) is 18.3 Å². The van der Waals surface area contributed by atoms with Crippen LogP contribution < -0.4 is 10.1 Å². The molecular formula is C24H20N4O4. The first-order valence-corrected chi connectivity index (χ1v) is 10.1. The lowest BCUT2D eigenvalue weighted by Gasteiger charge is -2.22. The molecule has 0 radical (unpaired) electrons. The number of hydrogen-bond donors (Lipinski definition) is 1. The first-order chi connectivity index (χ1) is 15.5. The Bertz CT molecular complexity index is 1330. The molecule has 1 aromatic heterocycles. The van der Waals surface area contributed by atoms with Crippen molar-refractivity contribution >= 4 is 22.7 Å². The van der Waals surface area contributed by atoms with Crippen LogP contribution >= 0.6 is 0 Å². The fraction of sp³-hybridized carbons (Fsp3) is 0.167. The molecule has 4 aromatic rings. The maximum Gasteiger partial charge on any atom is 0.325 e. The highest BCUT2D eigenvalue weighted by Gasteiger charge is 2.49. The van der Waals surface area contributed by atoms with E-state index in [9.17, 15) is 9.59 Å². The molecule has 0 bridgehead atoms. The minimum atomic E-state index is -1.20. The summed E-state index contributed by atoms with van der Waals surface area (Å²) in [5.74, 6) is 0.889. The Kier molecular flexibility index (Phi) is 4.62. The van der Waals surface area contributed by atoms with Gasteiger partial charge in [0.05, 0.1) is 7.11 Å². The number of imide groups is 1. The zero-order valence-corrected chi connectivity index (χ0v) is 17.5. The van der Waals surface area contributed by atoms with Gasteiger partial charge in [-0.15, -0.1) is 10.2 Å². The summed E-state index contributed by atoms with van der Waals surface area (Å²) < 4.78 is 10.9. The Morgan fingerprint density at radius 3 is 2.53 bits per heavy atom. The van der Waals surface area contributed by atoms with Gasteiger partial charge in [0.25, 0.3) is 5.91 Å². The van der Waals surface area contributed by atoms with Crippen LogP contribution in [0.3, 0.4) is 0 Å². The van der Waals surface area contributed by atoms with E-state index in [1.807, 2.05) is 66.7 Å². The number of hydrogen-bond acceptors (Lipinski definition) is 6. The first kappa shape index (κ1) is 19.7. The number of nitrogens with zero attached hydrogens (tertiary/aromatic N) is 3. The number of ether oxygens (including phenoxy) is 1.